The number of rotatable bonds is 7. The summed E-state index contributed by atoms with van der Waals surface area (Å²) >= 11 is 0. The molecule has 2 aliphatic heterocycles. The molecule has 2 atom stereocenters. The Balaban J connectivity index is 1.44. The Hall–Kier alpha value is -4.45. The second kappa shape index (κ2) is 12.3. The molecule has 4 aromatic rings. The van der Waals surface area contributed by atoms with Gasteiger partial charge in [-0.3, -0.25) is 0 Å². The van der Waals surface area contributed by atoms with Gasteiger partial charge in [-0.2, -0.15) is 17.6 Å². The van der Waals surface area contributed by atoms with Crippen LogP contribution in [0, 0.1) is 5.95 Å². The summed E-state index contributed by atoms with van der Waals surface area (Å²) in [6.45, 7) is 1.08. The highest BCUT2D eigenvalue weighted by atomic mass is 19.4. The number of fused-ring (bicyclic) bond motifs is 1. The molecule has 2 aliphatic rings. The van der Waals surface area contributed by atoms with Gasteiger partial charge in [0, 0.05) is 37.4 Å². The van der Waals surface area contributed by atoms with Crippen LogP contribution in [0.3, 0.4) is 0 Å². The number of ether oxygens (including phenoxy) is 2. The fraction of sp³-hybridized carbons (Fsp3) is 0.344. The molecule has 12 heteroatoms. The van der Waals surface area contributed by atoms with Crippen molar-refractivity contribution in [3.05, 3.63) is 89.5 Å². The largest absolute Gasteiger partial charge is 0.472 e. The van der Waals surface area contributed by atoms with Gasteiger partial charge < -0.3 is 19.5 Å². The highest BCUT2D eigenvalue weighted by molar-refractivity contribution is 6.00. The van der Waals surface area contributed by atoms with Crippen molar-refractivity contribution < 1.29 is 36.9 Å². The van der Waals surface area contributed by atoms with E-state index in [0.29, 0.717) is 48.2 Å². The van der Waals surface area contributed by atoms with E-state index in [1.807, 2.05) is 0 Å². The zero-order valence-corrected chi connectivity index (χ0v) is 23.6. The zero-order chi connectivity index (χ0) is 30.8. The molecule has 1 amide bonds. The predicted octanol–water partition coefficient (Wildman–Crippen LogP) is 7.31. The molecule has 1 N–H and O–H groups in total. The number of carboxylic acid groups (broad SMARTS) is 1. The summed E-state index contributed by atoms with van der Waals surface area (Å²) in [5.41, 5.74) is 1.85. The quantitative estimate of drug-likeness (QED) is 0.174. The van der Waals surface area contributed by atoms with Crippen LogP contribution >= 0.6 is 0 Å². The minimum absolute atomic E-state index is 0.00391. The van der Waals surface area contributed by atoms with Crippen LogP contribution in [0.15, 0.2) is 66.9 Å². The number of nitrogens with zero attached hydrogens (tertiary/aromatic N) is 4. The Kier molecular flexibility index (Phi) is 8.26. The van der Waals surface area contributed by atoms with Crippen LogP contribution in [0.1, 0.15) is 55.0 Å². The molecule has 6 rings (SSSR count). The van der Waals surface area contributed by atoms with E-state index in [2.05, 4.69) is 10.1 Å². The number of hydrogen-bond donors (Lipinski definition) is 1. The molecule has 44 heavy (non-hydrogen) atoms. The van der Waals surface area contributed by atoms with Gasteiger partial charge in [-0.15, -0.1) is 5.10 Å². The number of allylic oxidation sites excluding steroid dienone is 1. The third kappa shape index (κ3) is 6.40. The van der Waals surface area contributed by atoms with E-state index in [4.69, 9.17) is 9.47 Å². The monoisotopic (exact) mass is 610 g/mol. The lowest BCUT2D eigenvalue weighted by atomic mass is 9.88. The Labute approximate surface area is 250 Å². The second-order valence-electron chi connectivity index (χ2n) is 10.9. The Morgan fingerprint density at radius 3 is 2.48 bits per heavy atom. The highest BCUT2D eigenvalue weighted by Gasteiger charge is 2.32. The Morgan fingerprint density at radius 2 is 1.82 bits per heavy atom. The van der Waals surface area contributed by atoms with Crippen molar-refractivity contribution in [2.75, 3.05) is 19.7 Å². The lowest BCUT2D eigenvalue weighted by molar-refractivity contribution is -0.122. The first kappa shape index (κ1) is 29.6. The number of amides is 1. The van der Waals surface area contributed by atoms with Crippen molar-refractivity contribution in [2.45, 2.75) is 50.6 Å². The molecule has 8 nitrogen and oxygen atoms in total. The van der Waals surface area contributed by atoms with E-state index < -0.39 is 30.9 Å². The fourth-order valence-electron chi connectivity index (χ4n) is 5.85. The zero-order valence-electron chi connectivity index (χ0n) is 23.6. The maximum Gasteiger partial charge on any atom is 0.407 e. The summed E-state index contributed by atoms with van der Waals surface area (Å²) in [6.07, 6.45) is -3.17. The molecule has 1 unspecified atom stereocenters. The number of halogens is 4. The number of likely N-dealkylation sites (tertiary alicyclic amines) is 1. The summed E-state index contributed by atoms with van der Waals surface area (Å²) in [7, 11) is 0. The molecule has 4 heterocycles. The third-order valence-electron chi connectivity index (χ3n) is 7.91. The molecular weight excluding hydrogens is 580 g/mol. The fourth-order valence-corrected chi connectivity index (χ4v) is 5.85. The molecular formula is C32H30F4N4O4. The predicted molar refractivity (Wildman–Crippen MR) is 154 cm³/mol. The minimum atomic E-state index is -4.54. The van der Waals surface area contributed by atoms with Crippen LogP contribution in [-0.4, -0.2) is 62.8 Å². The first-order chi connectivity index (χ1) is 21.2. The lowest BCUT2D eigenvalue weighted by Crippen LogP contribution is -2.29. The normalized spacial score (nSPS) is 19.7. The summed E-state index contributed by atoms with van der Waals surface area (Å²) in [5.74, 6) is -0.515. The van der Waals surface area contributed by atoms with Crippen molar-refractivity contribution in [3.63, 3.8) is 0 Å². The van der Waals surface area contributed by atoms with E-state index in [0.717, 1.165) is 12.8 Å². The van der Waals surface area contributed by atoms with Crippen LogP contribution < -0.4 is 4.74 Å². The van der Waals surface area contributed by atoms with Crippen molar-refractivity contribution in [2.24, 2.45) is 0 Å². The smallest absolute Gasteiger partial charge is 0.407 e. The summed E-state index contributed by atoms with van der Waals surface area (Å²) < 4.78 is 70.7. The van der Waals surface area contributed by atoms with E-state index in [1.54, 1.807) is 54.6 Å². The van der Waals surface area contributed by atoms with Gasteiger partial charge in [0.2, 0.25) is 11.8 Å². The van der Waals surface area contributed by atoms with E-state index in [1.165, 1.54) is 21.8 Å². The van der Waals surface area contributed by atoms with Gasteiger partial charge in [-0.05, 0) is 59.7 Å². The van der Waals surface area contributed by atoms with E-state index in [-0.39, 0.29) is 35.1 Å². The number of aromatic nitrogens is 3. The molecule has 0 spiro atoms. The van der Waals surface area contributed by atoms with Crippen LogP contribution in [0.4, 0.5) is 22.4 Å². The Bertz CT molecular complexity index is 1670. The second-order valence-corrected chi connectivity index (χ2v) is 10.9. The SMILES string of the molecule is O=C(O)N1CC[C@H](Oc2ccc(/C(=C(/CC(F)(F)F)c3ccccc3)c3ccc4c(c3)c(F)nn4C3CCCCO3)cn2)C1. The molecule has 2 saturated heterocycles. The van der Waals surface area contributed by atoms with E-state index in [9.17, 15) is 23.1 Å². The molecule has 2 fully saturated rings. The summed E-state index contributed by atoms with van der Waals surface area (Å²) in [4.78, 5) is 16.9. The number of benzene rings is 2. The number of pyridine rings is 1. The van der Waals surface area contributed by atoms with Crippen molar-refractivity contribution >= 4 is 28.1 Å². The summed E-state index contributed by atoms with van der Waals surface area (Å²) in [5, 5.41) is 13.5. The third-order valence-corrected chi connectivity index (χ3v) is 7.91. The summed E-state index contributed by atoms with van der Waals surface area (Å²) in [6, 6.07) is 16.3. The highest BCUT2D eigenvalue weighted by Crippen LogP contribution is 2.40. The average Bonchev–Trinajstić information content (AvgIpc) is 3.62. The van der Waals surface area contributed by atoms with Crippen molar-refractivity contribution in [1.29, 1.82) is 0 Å². The van der Waals surface area contributed by atoms with Gasteiger partial charge in [0.25, 0.3) is 0 Å². The first-order valence-corrected chi connectivity index (χ1v) is 14.4. The van der Waals surface area contributed by atoms with Gasteiger partial charge in [-0.1, -0.05) is 36.4 Å². The molecule has 2 aromatic heterocycles. The van der Waals surface area contributed by atoms with Gasteiger partial charge in [0.15, 0.2) is 6.23 Å². The van der Waals surface area contributed by atoms with Crippen molar-refractivity contribution in [3.8, 4) is 5.88 Å². The van der Waals surface area contributed by atoms with Crippen LogP contribution in [-0.2, 0) is 4.74 Å². The number of carbonyl (C=O) groups is 1. The number of hydrogen-bond acceptors (Lipinski definition) is 5. The van der Waals surface area contributed by atoms with Crippen LogP contribution in [0.2, 0.25) is 0 Å². The van der Waals surface area contributed by atoms with Crippen LogP contribution in [0.5, 0.6) is 5.88 Å². The van der Waals surface area contributed by atoms with Crippen molar-refractivity contribution in [1.82, 2.24) is 19.7 Å². The lowest BCUT2D eigenvalue weighted by Gasteiger charge is -2.23. The van der Waals surface area contributed by atoms with Gasteiger partial charge >= 0.3 is 12.3 Å². The van der Waals surface area contributed by atoms with Gasteiger partial charge in [0.1, 0.15) is 6.10 Å². The van der Waals surface area contributed by atoms with Gasteiger partial charge in [0.05, 0.1) is 23.9 Å². The molecule has 230 valence electrons. The van der Waals surface area contributed by atoms with Gasteiger partial charge in [-0.25, -0.2) is 14.5 Å². The first-order valence-electron chi connectivity index (χ1n) is 14.4. The maximum atomic E-state index is 15.3. The van der Waals surface area contributed by atoms with E-state index >= 15 is 4.39 Å². The molecule has 2 aromatic carbocycles. The molecule has 0 bridgehead atoms. The Morgan fingerprint density at radius 1 is 1.02 bits per heavy atom. The molecule has 0 radical (unpaired) electrons. The topological polar surface area (TPSA) is 89.7 Å². The maximum absolute atomic E-state index is 15.3. The van der Waals surface area contributed by atoms with Crippen LogP contribution in [0.25, 0.3) is 22.0 Å². The standard InChI is InChI=1S/C32H30F4N4O4/c33-30-24-16-21(9-11-26(24)40(38-30)28-8-4-5-15-43-28)29(25(17-32(34,35)36)20-6-2-1-3-7-20)22-10-12-27(37-18-22)44-23-13-14-39(19-23)31(41)42/h1-3,6-7,9-12,16,18,23,28H,4-5,8,13-15,17,19H2,(H,41,42)/b29-25-/t23-,28?/m0/s1. The molecule has 0 aliphatic carbocycles. The number of alkyl halides is 3. The minimum Gasteiger partial charge on any atom is -0.472 e. The average molecular weight is 611 g/mol. The molecule has 0 saturated carbocycles.